The van der Waals surface area contributed by atoms with Crippen molar-refractivity contribution < 1.29 is 14.4 Å². The summed E-state index contributed by atoms with van der Waals surface area (Å²) in [6.07, 6.45) is 2.48. The fraction of sp³-hybridized carbons (Fsp3) is 0.714. The summed E-state index contributed by atoms with van der Waals surface area (Å²) in [5.41, 5.74) is 21.2. The highest BCUT2D eigenvalue weighted by Gasteiger charge is 2.24. The van der Waals surface area contributed by atoms with Crippen molar-refractivity contribution in [3.63, 3.8) is 0 Å². The van der Waals surface area contributed by atoms with Gasteiger partial charge in [-0.1, -0.05) is 0 Å². The van der Waals surface area contributed by atoms with Gasteiger partial charge in [-0.2, -0.15) is 0 Å². The summed E-state index contributed by atoms with van der Waals surface area (Å²) in [5.74, 6) is -1.82. The van der Waals surface area contributed by atoms with Crippen molar-refractivity contribution in [2.24, 2.45) is 22.9 Å². The van der Waals surface area contributed by atoms with Gasteiger partial charge in [-0.25, -0.2) is 0 Å². The van der Waals surface area contributed by atoms with Gasteiger partial charge in [0.25, 0.3) is 0 Å². The normalized spacial score (nSPS) is 12.7. The number of hydrogen-bond donors (Lipinski definition) is 8. The number of guanidine groups is 1. The molecule has 0 aromatic heterocycles. The zero-order chi connectivity index (χ0) is 19.2. The molecule has 3 amide bonds. The van der Waals surface area contributed by atoms with E-state index in [4.69, 9.17) is 28.3 Å². The topological polar surface area (TPSA) is 215 Å². The molecule has 0 bridgehead atoms. The third-order valence-corrected chi connectivity index (χ3v) is 3.43. The number of nitrogens with one attached hydrogen (secondary N) is 4. The molecule has 0 spiro atoms. The highest BCUT2D eigenvalue weighted by molar-refractivity contribution is 5.91. The van der Waals surface area contributed by atoms with Crippen LogP contribution in [0.25, 0.3) is 0 Å². The van der Waals surface area contributed by atoms with Crippen molar-refractivity contribution in [2.45, 2.75) is 44.2 Å². The molecule has 0 radical (unpaired) electrons. The Morgan fingerprint density at radius 3 is 2.08 bits per heavy atom. The molecule has 12 N–H and O–H groups in total. The first-order chi connectivity index (χ1) is 11.8. The smallest absolute Gasteiger partial charge is 0.243 e. The van der Waals surface area contributed by atoms with Crippen LogP contribution in [0.1, 0.15) is 32.1 Å². The van der Waals surface area contributed by atoms with E-state index >= 15 is 0 Å². The maximum atomic E-state index is 12.4. The molecule has 11 nitrogen and oxygen atoms in total. The van der Waals surface area contributed by atoms with Crippen molar-refractivity contribution in [1.29, 1.82) is 5.41 Å². The van der Waals surface area contributed by atoms with Gasteiger partial charge in [0.2, 0.25) is 17.7 Å². The number of unbranched alkanes of at least 4 members (excludes halogenated alkanes) is 1. The Labute approximate surface area is 147 Å². The van der Waals surface area contributed by atoms with Crippen LogP contribution in [0, 0.1) is 5.41 Å². The Balaban J connectivity index is 4.66. The van der Waals surface area contributed by atoms with Crippen LogP contribution >= 0.6 is 0 Å². The second-order valence-electron chi connectivity index (χ2n) is 5.55. The van der Waals surface area contributed by atoms with E-state index in [1.807, 2.05) is 0 Å². The summed E-state index contributed by atoms with van der Waals surface area (Å²) in [6, 6.07) is -1.69. The van der Waals surface area contributed by atoms with Gasteiger partial charge < -0.3 is 38.9 Å². The SMILES string of the molecule is N=C(N)NCCC[C@H](NC(=O)[C@H](CCCCN)NC(=O)CN)C(N)=O. The minimum atomic E-state index is -0.881. The molecule has 144 valence electrons. The molecule has 0 aliphatic carbocycles. The Morgan fingerprint density at radius 2 is 1.56 bits per heavy atom. The standard InChI is InChI=1S/C14H30N8O3/c15-6-2-1-4-10(21-11(23)8-16)13(25)22-9(12(17)24)5-3-7-20-14(18)19/h9-10H,1-8,15-16H2,(H2,17,24)(H,21,23)(H,22,25)(H4,18,19,20)/t9-,10-/m0/s1. The lowest BCUT2D eigenvalue weighted by atomic mass is 10.1. The molecule has 0 rings (SSSR count). The number of carbonyl (C=O) groups excluding carboxylic acids is 3. The predicted octanol–water partition coefficient (Wildman–Crippen LogP) is -3.21. The summed E-state index contributed by atoms with van der Waals surface area (Å²) < 4.78 is 0. The summed E-state index contributed by atoms with van der Waals surface area (Å²) >= 11 is 0. The van der Waals surface area contributed by atoms with Crippen LogP contribution in [0.5, 0.6) is 0 Å². The van der Waals surface area contributed by atoms with Crippen LogP contribution in [0.2, 0.25) is 0 Å². The third kappa shape index (κ3) is 10.9. The molecule has 2 atom stereocenters. The zero-order valence-electron chi connectivity index (χ0n) is 14.3. The lowest BCUT2D eigenvalue weighted by Crippen LogP contribution is -2.53. The van der Waals surface area contributed by atoms with Gasteiger partial charge in [-0.3, -0.25) is 19.8 Å². The molecule has 0 saturated heterocycles. The minimum absolute atomic E-state index is 0.177. The predicted molar refractivity (Wildman–Crippen MR) is 94.2 cm³/mol. The molecule has 0 saturated carbocycles. The number of rotatable bonds is 13. The quantitative estimate of drug-likeness (QED) is 0.0956. The Morgan fingerprint density at radius 1 is 0.920 bits per heavy atom. The highest BCUT2D eigenvalue weighted by atomic mass is 16.2. The average molecular weight is 358 g/mol. The zero-order valence-corrected chi connectivity index (χ0v) is 14.3. The molecule has 0 unspecified atom stereocenters. The van der Waals surface area contributed by atoms with Gasteiger partial charge in [0.15, 0.2) is 5.96 Å². The summed E-state index contributed by atoms with van der Waals surface area (Å²) in [5, 5.41) is 14.7. The molecular formula is C14H30N8O3. The molecular weight excluding hydrogens is 328 g/mol. The number of hydrogen-bond acceptors (Lipinski definition) is 6. The second-order valence-corrected chi connectivity index (χ2v) is 5.55. The largest absolute Gasteiger partial charge is 0.370 e. The van der Waals surface area contributed by atoms with Crippen molar-refractivity contribution in [3.8, 4) is 0 Å². The van der Waals surface area contributed by atoms with E-state index < -0.39 is 29.8 Å². The lowest BCUT2D eigenvalue weighted by Gasteiger charge is -2.22. The average Bonchev–Trinajstić information content (AvgIpc) is 2.55. The van der Waals surface area contributed by atoms with Gasteiger partial charge in [0.1, 0.15) is 12.1 Å². The van der Waals surface area contributed by atoms with Gasteiger partial charge in [-0.15, -0.1) is 0 Å². The van der Waals surface area contributed by atoms with E-state index in [0.29, 0.717) is 38.8 Å². The van der Waals surface area contributed by atoms with Crippen LogP contribution in [0.15, 0.2) is 0 Å². The molecule has 25 heavy (non-hydrogen) atoms. The number of nitrogens with two attached hydrogens (primary N) is 4. The Bertz CT molecular complexity index is 457. The number of carbonyl (C=O) groups is 3. The third-order valence-electron chi connectivity index (χ3n) is 3.43. The molecule has 0 fully saturated rings. The van der Waals surface area contributed by atoms with E-state index in [2.05, 4.69) is 16.0 Å². The number of primary amides is 1. The van der Waals surface area contributed by atoms with Crippen LogP contribution in [0.3, 0.4) is 0 Å². The van der Waals surface area contributed by atoms with Crippen LogP contribution < -0.4 is 38.9 Å². The first kappa shape index (κ1) is 22.6. The van der Waals surface area contributed by atoms with Gasteiger partial charge in [-0.05, 0) is 38.6 Å². The van der Waals surface area contributed by atoms with Gasteiger partial charge in [0.05, 0.1) is 6.54 Å². The fourth-order valence-corrected chi connectivity index (χ4v) is 2.10. The maximum absolute atomic E-state index is 12.4. The second kappa shape index (κ2) is 13.0. The molecule has 0 aromatic rings. The van der Waals surface area contributed by atoms with Crippen molar-refractivity contribution in [3.05, 3.63) is 0 Å². The van der Waals surface area contributed by atoms with E-state index in [1.165, 1.54) is 0 Å². The van der Waals surface area contributed by atoms with Crippen LogP contribution in [-0.2, 0) is 14.4 Å². The lowest BCUT2D eigenvalue weighted by molar-refractivity contribution is -0.131. The molecule has 0 heterocycles. The first-order valence-electron chi connectivity index (χ1n) is 8.18. The molecule has 0 aliphatic heterocycles. The van der Waals surface area contributed by atoms with E-state index in [1.54, 1.807) is 0 Å². The van der Waals surface area contributed by atoms with E-state index in [0.717, 1.165) is 0 Å². The molecule has 11 heteroatoms. The number of amides is 3. The fourth-order valence-electron chi connectivity index (χ4n) is 2.10. The van der Waals surface area contributed by atoms with Gasteiger partial charge in [0, 0.05) is 6.54 Å². The molecule has 0 aromatic carbocycles. The summed E-state index contributed by atoms with van der Waals surface area (Å²) in [7, 11) is 0. The van der Waals surface area contributed by atoms with Crippen LogP contribution in [0.4, 0.5) is 0 Å². The summed E-state index contributed by atoms with van der Waals surface area (Å²) in [6.45, 7) is 0.613. The monoisotopic (exact) mass is 358 g/mol. The first-order valence-corrected chi connectivity index (χ1v) is 8.18. The van der Waals surface area contributed by atoms with Crippen molar-refractivity contribution >= 4 is 23.7 Å². The van der Waals surface area contributed by atoms with E-state index in [-0.39, 0.29) is 18.9 Å². The van der Waals surface area contributed by atoms with Crippen molar-refractivity contribution in [2.75, 3.05) is 19.6 Å². The minimum Gasteiger partial charge on any atom is -0.370 e. The maximum Gasteiger partial charge on any atom is 0.243 e. The highest BCUT2D eigenvalue weighted by Crippen LogP contribution is 2.03. The van der Waals surface area contributed by atoms with Crippen LogP contribution in [-0.4, -0.2) is 55.4 Å². The van der Waals surface area contributed by atoms with Gasteiger partial charge >= 0.3 is 0 Å². The Kier molecular flexibility index (Phi) is 11.7. The molecule has 0 aliphatic rings. The Hall–Kier alpha value is -2.40. The van der Waals surface area contributed by atoms with E-state index in [9.17, 15) is 14.4 Å². The van der Waals surface area contributed by atoms with Crippen molar-refractivity contribution in [1.82, 2.24) is 16.0 Å². The summed E-state index contributed by atoms with van der Waals surface area (Å²) in [4.78, 5) is 35.4.